The lowest BCUT2D eigenvalue weighted by Crippen LogP contribution is -1.96. The van der Waals surface area contributed by atoms with Crippen molar-refractivity contribution in [1.82, 2.24) is 9.38 Å². The van der Waals surface area contributed by atoms with Gasteiger partial charge in [0.2, 0.25) is 0 Å². The lowest BCUT2D eigenvalue weighted by atomic mass is 10.1. The molecule has 0 amide bonds. The Morgan fingerprint density at radius 3 is 2.72 bits per heavy atom. The van der Waals surface area contributed by atoms with Crippen LogP contribution in [-0.2, 0) is 6.42 Å². The van der Waals surface area contributed by atoms with Crippen molar-refractivity contribution >= 4 is 28.7 Å². The van der Waals surface area contributed by atoms with Crippen LogP contribution in [0.15, 0.2) is 48.8 Å². The van der Waals surface area contributed by atoms with Crippen LogP contribution in [0.4, 0.5) is 0 Å². The predicted molar refractivity (Wildman–Crippen MR) is 74.5 cm³/mol. The molecular formula is C14H10Cl2N2. The van der Waals surface area contributed by atoms with Gasteiger partial charge in [0.1, 0.15) is 5.82 Å². The fraction of sp³-hybridized carbons (Fsp3) is 0.0714. The van der Waals surface area contributed by atoms with Gasteiger partial charge in [-0.05, 0) is 29.8 Å². The summed E-state index contributed by atoms with van der Waals surface area (Å²) in [6, 6.07) is 11.6. The maximum Gasteiger partial charge on any atom is 0.117 e. The third kappa shape index (κ3) is 2.22. The van der Waals surface area contributed by atoms with E-state index in [2.05, 4.69) is 4.98 Å². The van der Waals surface area contributed by atoms with Crippen LogP contribution in [0.3, 0.4) is 0 Å². The molecule has 0 aliphatic rings. The van der Waals surface area contributed by atoms with E-state index in [1.807, 2.05) is 53.2 Å². The Morgan fingerprint density at radius 2 is 1.89 bits per heavy atom. The van der Waals surface area contributed by atoms with Crippen LogP contribution in [0.2, 0.25) is 10.0 Å². The summed E-state index contributed by atoms with van der Waals surface area (Å²) in [6.45, 7) is 0. The quantitative estimate of drug-likeness (QED) is 0.685. The topological polar surface area (TPSA) is 17.3 Å². The Bertz CT molecular complexity index is 704. The average Bonchev–Trinajstić information content (AvgIpc) is 2.72. The van der Waals surface area contributed by atoms with Gasteiger partial charge in [-0.1, -0.05) is 35.3 Å². The summed E-state index contributed by atoms with van der Waals surface area (Å²) in [7, 11) is 0. The van der Waals surface area contributed by atoms with Crippen molar-refractivity contribution < 1.29 is 0 Å². The van der Waals surface area contributed by atoms with Crippen molar-refractivity contribution in [1.29, 1.82) is 0 Å². The van der Waals surface area contributed by atoms with E-state index < -0.39 is 0 Å². The van der Waals surface area contributed by atoms with Crippen molar-refractivity contribution in [3.63, 3.8) is 0 Å². The summed E-state index contributed by atoms with van der Waals surface area (Å²) in [4.78, 5) is 4.42. The average molecular weight is 277 g/mol. The smallest absolute Gasteiger partial charge is 0.117 e. The zero-order valence-electron chi connectivity index (χ0n) is 9.48. The number of pyridine rings is 1. The summed E-state index contributed by atoms with van der Waals surface area (Å²) in [5.74, 6) is 0.976. The highest BCUT2D eigenvalue weighted by Crippen LogP contribution is 2.17. The molecule has 0 saturated carbocycles. The molecule has 0 saturated heterocycles. The largest absolute Gasteiger partial charge is 0.303 e. The molecule has 2 nitrogen and oxygen atoms in total. The molecule has 0 aliphatic carbocycles. The van der Waals surface area contributed by atoms with Crippen LogP contribution >= 0.6 is 23.2 Å². The number of rotatable bonds is 2. The molecular weight excluding hydrogens is 267 g/mol. The predicted octanol–water partition coefficient (Wildman–Crippen LogP) is 4.23. The molecule has 0 aliphatic heterocycles. The molecule has 4 heteroatoms. The van der Waals surface area contributed by atoms with Crippen LogP contribution in [-0.4, -0.2) is 9.38 Å². The Kier molecular flexibility index (Phi) is 2.98. The molecule has 0 radical (unpaired) electrons. The Balaban J connectivity index is 2.00. The van der Waals surface area contributed by atoms with Gasteiger partial charge < -0.3 is 4.40 Å². The van der Waals surface area contributed by atoms with E-state index in [1.165, 1.54) is 0 Å². The molecule has 3 aromatic rings. The normalized spacial score (nSPS) is 11.0. The Morgan fingerprint density at radius 1 is 1.06 bits per heavy atom. The number of aromatic nitrogens is 2. The summed E-state index contributed by atoms with van der Waals surface area (Å²) in [5, 5.41) is 1.47. The van der Waals surface area contributed by atoms with Crippen molar-refractivity contribution in [2.24, 2.45) is 0 Å². The minimum atomic E-state index is 0.719. The molecule has 3 rings (SSSR count). The van der Waals surface area contributed by atoms with E-state index in [9.17, 15) is 0 Å². The molecule has 2 heterocycles. The lowest BCUT2D eigenvalue weighted by molar-refractivity contribution is 0.962. The van der Waals surface area contributed by atoms with E-state index in [1.54, 1.807) is 0 Å². The van der Waals surface area contributed by atoms with E-state index in [0.717, 1.165) is 33.4 Å². The second kappa shape index (κ2) is 4.63. The standard InChI is InChI=1S/C14H10Cl2N2/c15-11-3-1-2-10(6-11)7-14-17-9-13-8-12(16)4-5-18(13)14/h1-6,8-9H,7H2. The Hall–Kier alpha value is -1.51. The van der Waals surface area contributed by atoms with Gasteiger partial charge >= 0.3 is 0 Å². The van der Waals surface area contributed by atoms with E-state index in [0.29, 0.717) is 0 Å². The number of nitrogens with zero attached hydrogens (tertiary/aromatic N) is 2. The zero-order valence-corrected chi connectivity index (χ0v) is 11.0. The third-order valence-electron chi connectivity index (χ3n) is 2.82. The zero-order chi connectivity index (χ0) is 12.5. The highest BCUT2D eigenvalue weighted by atomic mass is 35.5. The van der Waals surface area contributed by atoms with E-state index in [-0.39, 0.29) is 0 Å². The van der Waals surface area contributed by atoms with Gasteiger partial charge in [-0.25, -0.2) is 4.98 Å². The van der Waals surface area contributed by atoms with Crippen molar-refractivity contribution in [3.8, 4) is 0 Å². The van der Waals surface area contributed by atoms with Gasteiger partial charge in [0.05, 0.1) is 11.7 Å². The number of imidazole rings is 1. The number of hydrogen-bond donors (Lipinski definition) is 0. The van der Waals surface area contributed by atoms with Gasteiger partial charge in [-0.2, -0.15) is 0 Å². The summed E-state index contributed by atoms with van der Waals surface area (Å²) < 4.78 is 2.03. The SMILES string of the molecule is Clc1cccc(Cc2ncc3cc(Cl)ccn23)c1. The van der Waals surface area contributed by atoms with Gasteiger partial charge in [0.25, 0.3) is 0 Å². The van der Waals surface area contributed by atoms with Gasteiger partial charge in [0, 0.05) is 22.7 Å². The fourth-order valence-corrected chi connectivity index (χ4v) is 2.37. The van der Waals surface area contributed by atoms with Crippen molar-refractivity contribution in [2.75, 3.05) is 0 Å². The van der Waals surface area contributed by atoms with Crippen LogP contribution in [0, 0.1) is 0 Å². The van der Waals surface area contributed by atoms with E-state index >= 15 is 0 Å². The van der Waals surface area contributed by atoms with Gasteiger partial charge in [-0.3, -0.25) is 0 Å². The molecule has 1 aromatic carbocycles. The maximum absolute atomic E-state index is 5.98. The molecule has 0 spiro atoms. The lowest BCUT2D eigenvalue weighted by Gasteiger charge is -2.02. The number of halogens is 2. The first-order valence-electron chi connectivity index (χ1n) is 5.58. The van der Waals surface area contributed by atoms with E-state index in [4.69, 9.17) is 23.2 Å². The minimum absolute atomic E-state index is 0.719. The van der Waals surface area contributed by atoms with Crippen LogP contribution < -0.4 is 0 Å². The second-order valence-corrected chi connectivity index (χ2v) is 4.99. The first-order valence-corrected chi connectivity index (χ1v) is 6.34. The highest BCUT2D eigenvalue weighted by molar-refractivity contribution is 6.31. The minimum Gasteiger partial charge on any atom is -0.303 e. The molecule has 0 N–H and O–H groups in total. The monoisotopic (exact) mass is 276 g/mol. The molecule has 0 fully saturated rings. The molecule has 90 valence electrons. The molecule has 0 bridgehead atoms. The Labute approximate surface area is 115 Å². The number of benzene rings is 1. The third-order valence-corrected chi connectivity index (χ3v) is 3.29. The first-order chi connectivity index (χ1) is 8.72. The second-order valence-electron chi connectivity index (χ2n) is 4.12. The molecule has 0 atom stereocenters. The van der Waals surface area contributed by atoms with Crippen LogP contribution in [0.5, 0.6) is 0 Å². The van der Waals surface area contributed by atoms with Crippen LogP contribution in [0.25, 0.3) is 5.52 Å². The fourth-order valence-electron chi connectivity index (χ4n) is 1.99. The van der Waals surface area contributed by atoms with Crippen molar-refractivity contribution in [2.45, 2.75) is 6.42 Å². The maximum atomic E-state index is 5.98. The highest BCUT2D eigenvalue weighted by Gasteiger charge is 2.05. The summed E-state index contributed by atoms with van der Waals surface area (Å²) in [5.41, 5.74) is 2.14. The number of fused-ring (bicyclic) bond motifs is 1. The summed E-state index contributed by atoms with van der Waals surface area (Å²) >= 11 is 11.9. The summed E-state index contributed by atoms with van der Waals surface area (Å²) in [6.07, 6.45) is 4.51. The van der Waals surface area contributed by atoms with Gasteiger partial charge in [0.15, 0.2) is 0 Å². The van der Waals surface area contributed by atoms with Gasteiger partial charge in [-0.15, -0.1) is 0 Å². The molecule has 18 heavy (non-hydrogen) atoms. The first kappa shape index (κ1) is 11.6. The molecule has 2 aromatic heterocycles. The number of hydrogen-bond acceptors (Lipinski definition) is 1. The van der Waals surface area contributed by atoms with Crippen molar-refractivity contribution in [3.05, 3.63) is 70.2 Å². The van der Waals surface area contributed by atoms with Crippen LogP contribution in [0.1, 0.15) is 11.4 Å². The molecule has 0 unspecified atom stereocenters.